The van der Waals surface area contributed by atoms with E-state index in [0.717, 1.165) is 17.1 Å². The molecule has 0 unspecified atom stereocenters. The molecule has 2 aromatic rings. The summed E-state index contributed by atoms with van der Waals surface area (Å²) in [6.07, 6.45) is 0. The normalized spacial score (nSPS) is 10.7. The second kappa shape index (κ2) is 6.79. The summed E-state index contributed by atoms with van der Waals surface area (Å²) in [5.74, 6) is 0.513. The van der Waals surface area contributed by atoms with Crippen LogP contribution in [0.15, 0.2) is 54.6 Å². The van der Waals surface area contributed by atoms with Gasteiger partial charge in [-0.2, -0.15) is 0 Å². The summed E-state index contributed by atoms with van der Waals surface area (Å²) in [5.41, 5.74) is 2.31. The van der Waals surface area contributed by atoms with Crippen LogP contribution >= 0.6 is 11.6 Å². The van der Waals surface area contributed by atoms with Gasteiger partial charge in [-0.1, -0.05) is 67.9 Å². The molecule has 19 heavy (non-hydrogen) atoms. The van der Waals surface area contributed by atoms with Gasteiger partial charge in [-0.25, -0.2) is 0 Å². The third kappa shape index (κ3) is 4.12. The van der Waals surface area contributed by atoms with E-state index in [1.54, 1.807) is 0 Å². The smallest absolute Gasteiger partial charge is 0.361 e. The highest BCUT2D eigenvalue weighted by Crippen LogP contribution is 2.06. The standard InChI is InChI=1S/C16H18BClO/c1-13(2)12-19-17(14-6-4-3-5-7-14)15-8-10-16(18)11-9-15/h3-11,13H,12H2,1-2H3. The number of hydrogen-bond donors (Lipinski definition) is 0. The van der Waals surface area contributed by atoms with E-state index in [9.17, 15) is 0 Å². The second-order valence-electron chi connectivity index (χ2n) is 5.07. The van der Waals surface area contributed by atoms with E-state index in [1.807, 2.05) is 42.5 Å². The van der Waals surface area contributed by atoms with E-state index in [1.165, 1.54) is 5.46 Å². The van der Waals surface area contributed by atoms with Gasteiger partial charge < -0.3 is 4.65 Å². The lowest BCUT2D eigenvalue weighted by molar-refractivity contribution is 0.282. The summed E-state index contributed by atoms with van der Waals surface area (Å²) in [5, 5.41) is 0.749. The predicted octanol–water partition coefficient (Wildman–Crippen LogP) is 3.12. The van der Waals surface area contributed by atoms with Gasteiger partial charge in [0.2, 0.25) is 0 Å². The highest BCUT2D eigenvalue weighted by atomic mass is 35.5. The molecule has 1 nitrogen and oxygen atoms in total. The number of benzene rings is 2. The monoisotopic (exact) mass is 272 g/mol. The fourth-order valence-electron chi connectivity index (χ4n) is 1.94. The lowest BCUT2D eigenvalue weighted by Crippen LogP contribution is -2.45. The Morgan fingerprint density at radius 3 is 2.11 bits per heavy atom. The quantitative estimate of drug-likeness (QED) is 0.760. The van der Waals surface area contributed by atoms with Crippen molar-refractivity contribution in [3.63, 3.8) is 0 Å². The largest absolute Gasteiger partial charge is 0.427 e. The topological polar surface area (TPSA) is 9.23 Å². The average Bonchev–Trinajstić information content (AvgIpc) is 2.42. The number of halogens is 1. The molecule has 0 aliphatic carbocycles. The lowest BCUT2D eigenvalue weighted by Gasteiger charge is -2.17. The SMILES string of the molecule is CC(C)COB(c1ccccc1)c1ccc(Cl)cc1. The van der Waals surface area contributed by atoms with E-state index in [-0.39, 0.29) is 6.92 Å². The number of rotatable bonds is 5. The summed E-state index contributed by atoms with van der Waals surface area (Å²) in [6, 6.07) is 18.2. The van der Waals surface area contributed by atoms with Crippen molar-refractivity contribution in [2.45, 2.75) is 13.8 Å². The molecule has 3 heteroatoms. The van der Waals surface area contributed by atoms with Crippen LogP contribution in [0.2, 0.25) is 5.02 Å². The van der Waals surface area contributed by atoms with E-state index < -0.39 is 0 Å². The Morgan fingerprint density at radius 2 is 1.53 bits per heavy atom. The summed E-state index contributed by atoms with van der Waals surface area (Å²) in [4.78, 5) is 0. The average molecular weight is 273 g/mol. The van der Waals surface area contributed by atoms with Crippen LogP contribution in [0, 0.1) is 5.92 Å². The van der Waals surface area contributed by atoms with E-state index in [0.29, 0.717) is 5.92 Å². The molecule has 0 aliphatic heterocycles. The highest BCUT2D eigenvalue weighted by Gasteiger charge is 2.21. The lowest BCUT2D eigenvalue weighted by atomic mass is 9.55. The van der Waals surface area contributed by atoms with Gasteiger partial charge in [0.15, 0.2) is 0 Å². The Bertz CT molecular complexity index is 496. The van der Waals surface area contributed by atoms with Crippen molar-refractivity contribution in [1.82, 2.24) is 0 Å². The molecule has 0 aromatic heterocycles. The van der Waals surface area contributed by atoms with Gasteiger partial charge in [0.25, 0.3) is 0 Å². The van der Waals surface area contributed by atoms with Gasteiger partial charge in [0, 0.05) is 11.6 Å². The number of hydrogen-bond acceptors (Lipinski definition) is 1. The molecule has 0 bridgehead atoms. The van der Waals surface area contributed by atoms with Crippen LogP contribution in [0.25, 0.3) is 0 Å². The highest BCUT2D eigenvalue weighted by molar-refractivity contribution is 6.80. The maximum atomic E-state index is 6.07. The molecule has 2 aromatic carbocycles. The van der Waals surface area contributed by atoms with Crippen molar-refractivity contribution in [2.75, 3.05) is 6.61 Å². The van der Waals surface area contributed by atoms with Crippen molar-refractivity contribution >= 4 is 29.4 Å². The van der Waals surface area contributed by atoms with E-state index in [2.05, 4.69) is 26.0 Å². The molecule has 0 aliphatic rings. The third-order valence-electron chi connectivity index (χ3n) is 2.87. The van der Waals surface area contributed by atoms with Gasteiger partial charge in [0.05, 0.1) is 0 Å². The predicted molar refractivity (Wildman–Crippen MR) is 83.7 cm³/mol. The Kier molecular flexibility index (Phi) is 5.06. The molecule has 0 fully saturated rings. The van der Waals surface area contributed by atoms with Crippen molar-refractivity contribution in [1.29, 1.82) is 0 Å². The van der Waals surface area contributed by atoms with Crippen molar-refractivity contribution in [3.05, 3.63) is 59.6 Å². The first-order valence-corrected chi connectivity index (χ1v) is 6.96. The molecule has 98 valence electrons. The molecule has 0 atom stereocenters. The minimum absolute atomic E-state index is 0.0270. The van der Waals surface area contributed by atoms with Gasteiger partial charge in [-0.15, -0.1) is 0 Å². The molecule has 0 saturated carbocycles. The first kappa shape index (κ1) is 14.2. The van der Waals surface area contributed by atoms with Crippen LogP contribution in [0.1, 0.15) is 13.8 Å². The minimum atomic E-state index is -0.0270. The fraction of sp³-hybridized carbons (Fsp3) is 0.250. The van der Waals surface area contributed by atoms with Crippen molar-refractivity contribution in [2.24, 2.45) is 5.92 Å². The Labute approximate surface area is 120 Å². The van der Waals surface area contributed by atoms with E-state index >= 15 is 0 Å². The molecule has 0 saturated heterocycles. The summed E-state index contributed by atoms with van der Waals surface area (Å²) in [7, 11) is 0. The molecule has 0 heterocycles. The first-order valence-electron chi connectivity index (χ1n) is 6.59. The van der Waals surface area contributed by atoms with Gasteiger partial charge in [0.1, 0.15) is 0 Å². The van der Waals surface area contributed by atoms with Gasteiger partial charge >= 0.3 is 6.92 Å². The van der Waals surface area contributed by atoms with Crippen LogP contribution in [-0.2, 0) is 4.65 Å². The van der Waals surface area contributed by atoms with Crippen LogP contribution < -0.4 is 10.9 Å². The van der Waals surface area contributed by atoms with E-state index in [4.69, 9.17) is 16.3 Å². The summed E-state index contributed by atoms with van der Waals surface area (Å²) >= 11 is 5.95. The maximum absolute atomic E-state index is 6.07. The second-order valence-corrected chi connectivity index (χ2v) is 5.51. The Morgan fingerprint density at radius 1 is 0.947 bits per heavy atom. The van der Waals surface area contributed by atoms with Crippen LogP contribution in [0.3, 0.4) is 0 Å². The van der Waals surface area contributed by atoms with Gasteiger partial charge in [-0.3, -0.25) is 0 Å². The van der Waals surface area contributed by atoms with Crippen LogP contribution in [0.4, 0.5) is 0 Å². The Hall–Kier alpha value is -1.25. The maximum Gasteiger partial charge on any atom is 0.361 e. The molecule has 0 amide bonds. The molecule has 2 rings (SSSR count). The molecule has 0 radical (unpaired) electrons. The molecular formula is C16H18BClO. The zero-order valence-electron chi connectivity index (χ0n) is 11.3. The third-order valence-corrected chi connectivity index (χ3v) is 3.12. The van der Waals surface area contributed by atoms with Crippen molar-refractivity contribution < 1.29 is 4.65 Å². The van der Waals surface area contributed by atoms with Crippen molar-refractivity contribution in [3.8, 4) is 0 Å². The zero-order valence-corrected chi connectivity index (χ0v) is 12.1. The van der Waals surface area contributed by atoms with Crippen LogP contribution in [-0.4, -0.2) is 13.5 Å². The summed E-state index contributed by atoms with van der Waals surface area (Å²) in [6.45, 7) is 5.02. The Balaban J connectivity index is 2.26. The molecule has 0 N–H and O–H groups in total. The fourth-order valence-corrected chi connectivity index (χ4v) is 2.06. The van der Waals surface area contributed by atoms with Gasteiger partial charge in [-0.05, 0) is 29.0 Å². The summed E-state index contributed by atoms with van der Waals surface area (Å²) < 4.78 is 6.07. The minimum Gasteiger partial charge on any atom is -0.427 e. The van der Waals surface area contributed by atoms with Crippen LogP contribution in [0.5, 0.6) is 0 Å². The zero-order chi connectivity index (χ0) is 13.7. The molecular weight excluding hydrogens is 254 g/mol. The first-order chi connectivity index (χ1) is 9.16. The molecule has 0 spiro atoms.